The SMILES string of the molecule is COc1cccc(N2CCC[C@H](NS(=O)(=O)c3ccco3)C2)c1. The molecule has 1 aromatic carbocycles. The monoisotopic (exact) mass is 336 g/mol. The van der Waals surface area contributed by atoms with Crippen LogP contribution >= 0.6 is 0 Å². The van der Waals surface area contributed by atoms with Gasteiger partial charge >= 0.3 is 0 Å². The Morgan fingerprint density at radius 1 is 1.30 bits per heavy atom. The maximum absolute atomic E-state index is 12.3. The molecule has 1 saturated heterocycles. The molecule has 0 saturated carbocycles. The number of anilines is 1. The van der Waals surface area contributed by atoms with Gasteiger partial charge in [0.15, 0.2) is 0 Å². The lowest BCUT2D eigenvalue weighted by Crippen LogP contribution is -2.47. The van der Waals surface area contributed by atoms with Crippen LogP contribution in [0.15, 0.2) is 52.2 Å². The van der Waals surface area contributed by atoms with Crippen LogP contribution in [0.25, 0.3) is 0 Å². The van der Waals surface area contributed by atoms with Crippen LogP contribution in [0.4, 0.5) is 5.69 Å². The first-order valence-corrected chi connectivity index (χ1v) is 9.01. The topological polar surface area (TPSA) is 71.8 Å². The van der Waals surface area contributed by atoms with Crippen LogP contribution in [0.2, 0.25) is 0 Å². The zero-order chi connectivity index (χ0) is 16.3. The maximum Gasteiger partial charge on any atom is 0.274 e. The molecule has 1 aliphatic heterocycles. The van der Waals surface area contributed by atoms with Gasteiger partial charge in [0, 0.05) is 30.9 Å². The van der Waals surface area contributed by atoms with Crippen molar-refractivity contribution in [3.8, 4) is 5.75 Å². The molecule has 1 N–H and O–H groups in total. The van der Waals surface area contributed by atoms with E-state index >= 15 is 0 Å². The maximum atomic E-state index is 12.3. The molecule has 2 aromatic rings. The van der Waals surface area contributed by atoms with Gasteiger partial charge in [-0.3, -0.25) is 0 Å². The van der Waals surface area contributed by atoms with Gasteiger partial charge in [-0.1, -0.05) is 6.07 Å². The molecule has 23 heavy (non-hydrogen) atoms. The highest BCUT2D eigenvalue weighted by Crippen LogP contribution is 2.24. The van der Waals surface area contributed by atoms with Crippen LogP contribution in [-0.4, -0.2) is 34.7 Å². The second kappa shape index (κ2) is 6.64. The van der Waals surface area contributed by atoms with E-state index in [9.17, 15) is 8.42 Å². The highest BCUT2D eigenvalue weighted by molar-refractivity contribution is 7.89. The number of nitrogens with one attached hydrogen (secondary N) is 1. The van der Waals surface area contributed by atoms with E-state index in [1.807, 2.05) is 24.3 Å². The molecule has 7 heteroatoms. The Hall–Kier alpha value is -1.99. The Kier molecular flexibility index (Phi) is 4.58. The normalized spacial score (nSPS) is 18.8. The molecule has 0 unspecified atom stereocenters. The summed E-state index contributed by atoms with van der Waals surface area (Å²) in [6.07, 6.45) is 3.08. The third kappa shape index (κ3) is 3.68. The van der Waals surface area contributed by atoms with Gasteiger partial charge in [-0.15, -0.1) is 0 Å². The van der Waals surface area contributed by atoms with Gasteiger partial charge < -0.3 is 14.1 Å². The van der Waals surface area contributed by atoms with Gasteiger partial charge in [0.1, 0.15) is 5.75 Å². The Labute approximate surface area is 136 Å². The number of piperidine rings is 1. The molecular weight excluding hydrogens is 316 g/mol. The van der Waals surface area contributed by atoms with Gasteiger partial charge in [0.05, 0.1) is 13.4 Å². The van der Waals surface area contributed by atoms with Gasteiger partial charge in [0.2, 0.25) is 5.09 Å². The first-order chi connectivity index (χ1) is 11.1. The van der Waals surface area contributed by atoms with Gasteiger partial charge in [0.25, 0.3) is 10.0 Å². The zero-order valence-electron chi connectivity index (χ0n) is 12.9. The van der Waals surface area contributed by atoms with Crippen molar-refractivity contribution in [1.29, 1.82) is 0 Å². The molecule has 0 bridgehead atoms. The van der Waals surface area contributed by atoms with E-state index < -0.39 is 10.0 Å². The minimum absolute atomic E-state index is 0.0454. The smallest absolute Gasteiger partial charge is 0.274 e. The fourth-order valence-corrected chi connectivity index (χ4v) is 4.00. The van der Waals surface area contributed by atoms with Crippen molar-refractivity contribution in [3.05, 3.63) is 42.7 Å². The zero-order valence-corrected chi connectivity index (χ0v) is 13.8. The van der Waals surface area contributed by atoms with Crippen molar-refractivity contribution in [1.82, 2.24) is 4.72 Å². The van der Waals surface area contributed by atoms with Crippen LogP contribution in [0.3, 0.4) is 0 Å². The molecule has 3 rings (SSSR count). The number of ether oxygens (including phenoxy) is 1. The van der Waals surface area contributed by atoms with Crippen LogP contribution in [0.5, 0.6) is 5.75 Å². The molecule has 1 aromatic heterocycles. The predicted molar refractivity (Wildman–Crippen MR) is 87.3 cm³/mol. The first kappa shape index (κ1) is 15.9. The highest BCUT2D eigenvalue weighted by Gasteiger charge is 2.26. The number of furan rings is 1. The fourth-order valence-electron chi connectivity index (χ4n) is 2.81. The summed E-state index contributed by atoms with van der Waals surface area (Å²) in [5.41, 5.74) is 1.03. The van der Waals surface area contributed by atoms with Crippen molar-refractivity contribution in [2.24, 2.45) is 0 Å². The van der Waals surface area contributed by atoms with Gasteiger partial charge in [-0.05, 0) is 37.1 Å². The molecule has 2 heterocycles. The minimum atomic E-state index is -3.60. The van der Waals surface area contributed by atoms with E-state index in [1.54, 1.807) is 13.2 Å². The molecule has 1 aliphatic rings. The summed E-state index contributed by atoms with van der Waals surface area (Å²) in [4.78, 5) is 2.17. The molecule has 0 spiro atoms. The number of benzene rings is 1. The van der Waals surface area contributed by atoms with E-state index in [4.69, 9.17) is 9.15 Å². The molecular formula is C16H20N2O4S. The molecule has 0 amide bonds. The Balaban J connectivity index is 1.71. The molecule has 0 aliphatic carbocycles. The molecule has 1 atom stereocenters. The van der Waals surface area contributed by atoms with E-state index in [-0.39, 0.29) is 11.1 Å². The van der Waals surface area contributed by atoms with Crippen molar-refractivity contribution >= 4 is 15.7 Å². The average Bonchev–Trinajstić information content (AvgIpc) is 3.10. The lowest BCUT2D eigenvalue weighted by molar-refractivity contribution is 0.413. The van der Waals surface area contributed by atoms with Crippen LogP contribution in [-0.2, 0) is 10.0 Å². The fraction of sp³-hybridized carbons (Fsp3) is 0.375. The van der Waals surface area contributed by atoms with Crippen LogP contribution in [0, 0.1) is 0 Å². The molecule has 0 radical (unpaired) electrons. The Morgan fingerprint density at radius 2 is 2.17 bits per heavy atom. The number of methoxy groups -OCH3 is 1. The summed E-state index contributed by atoms with van der Waals surface area (Å²) in [6, 6.07) is 10.7. The lowest BCUT2D eigenvalue weighted by Gasteiger charge is -2.34. The lowest BCUT2D eigenvalue weighted by atomic mass is 10.1. The summed E-state index contributed by atoms with van der Waals surface area (Å²) >= 11 is 0. The van der Waals surface area contributed by atoms with Crippen LogP contribution < -0.4 is 14.4 Å². The number of sulfonamides is 1. The largest absolute Gasteiger partial charge is 0.497 e. The summed E-state index contributed by atoms with van der Waals surface area (Å²) in [6.45, 7) is 1.51. The highest BCUT2D eigenvalue weighted by atomic mass is 32.2. The van der Waals surface area contributed by atoms with Crippen LogP contribution in [0.1, 0.15) is 12.8 Å². The number of hydrogen-bond acceptors (Lipinski definition) is 5. The third-order valence-electron chi connectivity index (χ3n) is 3.92. The van der Waals surface area contributed by atoms with E-state index in [1.165, 1.54) is 12.3 Å². The molecule has 1 fully saturated rings. The summed E-state index contributed by atoms with van der Waals surface area (Å²) in [5, 5.41) is -0.0454. The van der Waals surface area contributed by atoms with Crippen molar-refractivity contribution in [2.75, 3.05) is 25.1 Å². The molecule has 124 valence electrons. The number of nitrogens with zero attached hydrogens (tertiary/aromatic N) is 1. The Morgan fingerprint density at radius 3 is 2.91 bits per heavy atom. The molecule has 6 nitrogen and oxygen atoms in total. The third-order valence-corrected chi connectivity index (χ3v) is 5.33. The first-order valence-electron chi connectivity index (χ1n) is 7.53. The van der Waals surface area contributed by atoms with Gasteiger partial charge in [-0.2, -0.15) is 0 Å². The summed E-state index contributed by atoms with van der Waals surface area (Å²) in [7, 11) is -1.97. The van der Waals surface area contributed by atoms with E-state index in [2.05, 4.69) is 9.62 Å². The Bertz CT molecular complexity index is 743. The average molecular weight is 336 g/mol. The van der Waals surface area contributed by atoms with E-state index in [0.29, 0.717) is 6.54 Å². The predicted octanol–water partition coefficient (Wildman–Crippen LogP) is 2.24. The van der Waals surface area contributed by atoms with E-state index in [0.717, 1.165) is 30.8 Å². The second-order valence-corrected chi connectivity index (χ2v) is 7.18. The standard InChI is InChI=1S/C16H20N2O4S/c1-21-15-7-2-6-14(11-15)18-9-3-5-13(12-18)17-23(19,20)16-8-4-10-22-16/h2,4,6-8,10-11,13,17H,3,5,9,12H2,1H3/t13-/m0/s1. The summed E-state index contributed by atoms with van der Waals surface area (Å²) in [5.74, 6) is 0.792. The number of hydrogen-bond donors (Lipinski definition) is 1. The second-order valence-electron chi connectivity index (χ2n) is 5.54. The van der Waals surface area contributed by atoms with Crippen molar-refractivity contribution in [2.45, 2.75) is 24.0 Å². The summed E-state index contributed by atoms with van der Waals surface area (Å²) < 4.78 is 37.5. The van der Waals surface area contributed by atoms with Crippen molar-refractivity contribution in [3.63, 3.8) is 0 Å². The van der Waals surface area contributed by atoms with Gasteiger partial charge in [-0.25, -0.2) is 13.1 Å². The van der Waals surface area contributed by atoms with Crippen molar-refractivity contribution < 1.29 is 17.6 Å². The number of rotatable bonds is 5. The quantitative estimate of drug-likeness (QED) is 0.906. The minimum Gasteiger partial charge on any atom is -0.497 e.